The summed E-state index contributed by atoms with van der Waals surface area (Å²) in [4.78, 5) is 0. The number of benzene rings is 8. The van der Waals surface area contributed by atoms with Gasteiger partial charge in [-0.15, -0.1) is 0 Å². The molecule has 3 heteroatoms. The van der Waals surface area contributed by atoms with Crippen LogP contribution in [-0.2, 0) is 27.7 Å². The Balaban J connectivity index is 0.00000180. The quantitative estimate of drug-likeness (QED) is 0.214. The van der Waals surface area contributed by atoms with Crippen molar-refractivity contribution < 1.29 is 46.1 Å². The van der Waals surface area contributed by atoms with Gasteiger partial charge in [-0.3, -0.25) is 0 Å². The monoisotopic (exact) mass is 756 g/mol. The second-order valence-corrected chi connectivity index (χ2v) is 19.4. The molecule has 0 aliphatic heterocycles. The van der Waals surface area contributed by atoms with Crippen molar-refractivity contribution in [2.75, 3.05) is 0 Å². The first-order valence-corrected chi connectivity index (χ1v) is 20.8. The molecule has 0 spiro atoms. The van der Waals surface area contributed by atoms with Gasteiger partial charge in [-0.1, -0.05) is 0 Å². The third kappa shape index (κ3) is 5.27. The van der Waals surface area contributed by atoms with Gasteiger partial charge in [-0.05, 0) is 0 Å². The Hall–Kier alpha value is -4.39. The molecule has 50 heavy (non-hydrogen) atoms. The summed E-state index contributed by atoms with van der Waals surface area (Å²) in [6.07, 6.45) is 10.5. The molecule has 0 amide bonds. The Labute approximate surface area is 312 Å². The summed E-state index contributed by atoms with van der Waals surface area (Å²) in [7, 11) is 0. The Bertz CT molecular complexity index is 2620. The Morgan fingerprint density at radius 1 is 0.500 bits per heavy atom. The first-order chi connectivity index (χ1) is 23.8. The van der Waals surface area contributed by atoms with Gasteiger partial charge in [0, 0.05) is 0 Å². The number of rotatable bonds is 4. The Morgan fingerprint density at radius 3 is 1.74 bits per heavy atom. The maximum atomic E-state index is 2.51. The molecule has 0 aromatic heterocycles. The molecule has 0 saturated carbocycles. The number of halogens is 2. The van der Waals surface area contributed by atoms with Crippen molar-refractivity contribution in [1.29, 1.82) is 0 Å². The third-order valence-electron chi connectivity index (χ3n) is 10.5. The van der Waals surface area contributed by atoms with Crippen LogP contribution in [0.25, 0.3) is 54.2 Å². The molecule has 0 unspecified atom stereocenters. The van der Waals surface area contributed by atoms with Crippen molar-refractivity contribution in [3.63, 3.8) is 0 Å². The molecule has 2 aliphatic carbocycles. The molecule has 10 rings (SSSR count). The van der Waals surface area contributed by atoms with Crippen LogP contribution in [0.5, 0.6) is 0 Å². The standard InChI is InChI=1S/C21H13.C21H14.C5H5.2ClH.Zr/c1-2-8-15-14(7-1)13-20-18-11-4-3-9-16(18)17-10-5-6-12-19(17)21(15)20;1-3-7-20-14-16(9-11-18(20)5-1)13-17-10-12-19-6-2-4-8-21(19)15-17;1-2-4-5-3-1;;;/h1-10,12H,13H2;1-12,14-15H;1-5H;2*1H;/q;;;;;+2/p-2. The van der Waals surface area contributed by atoms with Crippen molar-refractivity contribution in [1.82, 2.24) is 0 Å². The van der Waals surface area contributed by atoms with Crippen LogP contribution < -0.4 is 28.1 Å². The summed E-state index contributed by atoms with van der Waals surface area (Å²) in [5, 5.41) is 10.8. The molecular formula is C47H32Cl2Zr. The summed E-state index contributed by atoms with van der Waals surface area (Å²) < 4.78 is 3.58. The van der Waals surface area contributed by atoms with Gasteiger partial charge in [0.1, 0.15) is 0 Å². The van der Waals surface area contributed by atoms with E-state index in [-0.39, 0.29) is 24.8 Å². The van der Waals surface area contributed by atoms with Gasteiger partial charge in [0.2, 0.25) is 0 Å². The van der Waals surface area contributed by atoms with Crippen LogP contribution in [-0.4, -0.2) is 3.21 Å². The fourth-order valence-corrected chi connectivity index (χ4v) is 16.6. The first kappa shape index (κ1) is 32.8. The minimum absolute atomic E-state index is 0. The van der Waals surface area contributed by atoms with E-state index in [1.54, 1.807) is 6.48 Å². The minimum Gasteiger partial charge on any atom is -1.00 e. The van der Waals surface area contributed by atoms with E-state index in [0.717, 1.165) is 6.42 Å². The fourth-order valence-electron chi connectivity index (χ4n) is 8.42. The van der Waals surface area contributed by atoms with Crippen molar-refractivity contribution in [3.05, 3.63) is 198 Å². The Morgan fingerprint density at radius 2 is 1.06 bits per heavy atom. The normalized spacial score (nSPS) is 12.8. The average molecular weight is 759 g/mol. The zero-order valence-corrected chi connectivity index (χ0v) is 31.3. The van der Waals surface area contributed by atoms with E-state index < -0.39 is 21.3 Å². The topological polar surface area (TPSA) is 0 Å². The third-order valence-corrected chi connectivity index (χ3v) is 18.3. The van der Waals surface area contributed by atoms with E-state index in [4.69, 9.17) is 0 Å². The number of fused-ring (bicyclic) bond motifs is 10. The largest absolute Gasteiger partial charge is 1.00 e. The van der Waals surface area contributed by atoms with E-state index in [9.17, 15) is 0 Å². The smallest absolute Gasteiger partial charge is 1.00 e. The summed E-state index contributed by atoms with van der Waals surface area (Å²) in [5.74, 6) is 0. The van der Waals surface area contributed by atoms with Crippen LogP contribution in [0.3, 0.4) is 0 Å². The molecule has 0 bridgehead atoms. The minimum atomic E-state index is -2.86. The van der Waals surface area contributed by atoms with Crippen LogP contribution in [0.4, 0.5) is 0 Å². The van der Waals surface area contributed by atoms with Crippen LogP contribution in [0.1, 0.15) is 22.3 Å². The van der Waals surface area contributed by atoms with Crippen LogP contribution in [0.2, 0.25) is 3.63 Å². The molecule has 2 aliphatic rings. The number of hydrogen-bond donors (Lipinski definition) is 0. The van der Waals surface area contributed by atoms with Gasteiger partial charge in [-0.25, -0.2) is 0 Å². The van der Waals surface area contributed by atoms with Crippen LogP contribution >= 0.6 is 0 Å². The summed E-state index contributed by atoms with van der Waals surface area (Å²) >= 11 is -2.86. The van der Waals surface area contributed by atoms with E-state index in [2.05, 4.69) is 176 Å². The van der Waals surface area contributed by atoms with Crippen molar-refractivity contribution >= 4 is 49.6 Å². The van der Waals surface area contributed by atoms with Crippen molar-refractivity contribution in [2.45, 2.75) is 10.0 Å². The van der Waals surface area contributed by atoms with Crippen molar-refractivity contribution in [2.24, 2.45) is 0 Å². The van der Waals surface area contributed by atoms with Gasteiger partial charge in [0.15, 0.2) is 0 Å². The summed E-state index contributed by atoms with van der Waals surface area (Å²) in [6, 6.07) is 57.4. The van der Waals surface area contributed by atoms with Crippen LogP contribution in [0, 0.1) is 0 Å². The van der Waals surface area contributed by atoms with Gasteiger partial charge in [-0.2, -0.15) is 0 Å². The Kier molecular flexibility index (Phi) is 8.78. The molecule has 0 saturated heterocycles. The molecule has 0 atom stereocenters. The predicted molar refractivity (Wildman–Crippen MR) is 202 cm³/mol. The zero-order chi connectivity index (χ0) is 31.6. The maximum absolute atomic E-state index is 2.86. The molecule has 238 valence electrons. The maximum Gasteiger partial charge on any atom is -1.00 e. The summed E-state index contributed by atoms with van der Waals surface area (Å²) in [5.41, 5.74) is 8.54. The summed E-state index contributed by atoms with van der Waals surface area (Å²) in [6.45, 7) is 0. The van der Waals surface area contributed by atoms with Gasteiger partial charge < -0.3 is 24.8 Å². The molecule has 0 N–H and O–H groups in total. The number of hydrogen-bond acceptors (Lipinski definition) is 0. The number of allylic oxidation sites excluding steroid dienone is 4. The second kappa shape index (κ2) is 13.4. The zero-order valence-electron chi connectivity index (χ0n) is 27.3. The van der Waals surface area contributed by atoms with Gasteiger partial charge in [0.25, 0.3) is 0 Å². The van der Waals surface area contributed by atoms with Crippen molar-refractivity contribution in [3.8, 4) is 11.1 Å². The SMILES string of the molecule is C1=C[CH]([Zr+2](=[C](c2ccc3ccccc3c2)c2ccc3ccccc3c2)[c]2cccc3c2c2c(c4ccccc43)-c3ccccc3C2)C=C1.[Cl-].[Cl-]. The molecule has 8 aromatic rings. The van der Waals surface area contributed by atoms with E-state index >= 15 is 0 Å². The van der Waals surface area contributed by atoms with Crippen LogP contribution in [0.15, 0.2) is 176 Å². The molecule has 0 nitrogen and oxygen atoms in total. The predicted octanol–water partition coefficient (Wildman–Crippen LogP) is 5.31. The van der Waals surface area contributed by atoms with Gasteiger partial charge in [0.05, 0.1) is 0 Å². The molecular weight excluding hydrogens is 727 g/mol. The molecule has 0 fully saturated rings. The van der Waals surface area contributed by atoms with E-state index in [1.807, 2.05) is 0 Å². The second-order valence-electron chi connectivity index (χ2n) is 13.2. The fraction of sp³-hybridized carbons (Fsp3) is 0.0426. The van der Waals surface area contributed by atoms with E-state index in [0.29, 0.717) is 3.63 Å². The first-order valence-electron chi connectivity index (χ1n) is 16.9. The molecule has 0 radical (unpaired) electrons. The average Bonchev–Trinajstić information content (AvgIpc) is 3.82. The van der Waals surface area contributed by atoms with E-state index in [1.165, 1.54) is 76.5 Å². The molecule has 8 aromatic carbocycles. The van der Waals surface area contributed by atoms with Gasteiger partial charge >= 0.3 is 290 Å². The molecule has 0 heterocycles.